The first-order valence-corrected chi connectivity index (χ1v) is 15.2. The summed E-state index contributed by atoms with van der Waals surface area (Å²) < 4.78 is 0. The van der Waals surface area contributed by atoms with Crippen molar-refractivity contribution in [3.05, 3.63) is 158 Å². The molecule has 0 aliphatic heterocycles. The standard InChI is InChI=1S/C42H24N4/c1-3-8-27(9-4-1)35-22-18-29-14-16-31-20-24-37(45-41(31)39(29)43-35)33-12-7-13-34(26-33)38-25-21-32-17-15-30-19-23-36(28-10-5-2-6-11-28)44-40(30)42(32)46-38/h1-18,20-22,24-26H. The van der Waals surface area contributed by atoms with Gasteiger partial charge in [-0.15, -0.1) is 0 Å². The minimum Gasteiger partial charge on any atom is -0.245 e. The zero-order valence-corrected chi connectivity index (χ0v) is 24.6. The molecule has 5 aromatic carbocycles. The minimum atomic E-state index is 0.759. The molecule has 0 atom stereocenters. The number of hydrogen-bond donors (Lipinski definition) is 0. The number of rotatable bonds is 4. The van der Waals surface area contributed by atoms with E-state index in [0.717, 1.165) is 88.6 Å². The molecule has 4 heteroatoms. The van der Waals surface area contributed by atoms with Gasteiger partial charge in [0.25, 0.3) is 0 Å². The van der Waals surface area contributed by atoms with Crippen molar-refractivity contribution in [1.82, 2.24) is 19.9 Å². The fourth-order valence-electron chi connectivity index (χ4n) is 6.08. The van der Waals surface area contributed by atoms with Crippen molar-refractivity contribution in [1.29, 1.82) is 0 Å². The van der Waals surface area contributed by atoms with Crippen molar-refractivity contribution in [3.63, 3.8) is 0 Å². The van der Waals surface area contributed by atoms with Crippen LogP contribution in [0.15, 0.2) is 146 Å². The molecule has 0 radical (unpaired) electrons. The highest BCUT2D eigenvalue weighted by atomic mass is 14.8. The van der Waals surface area contributed by atoms with Crippen molar-refractivity contribution >= 4 is 43.6 Å². The van der Waals surface area contributed by atoms with Gasteiger partial charge in [-0.2, -0.15) is 0 Å². The van der Waals surface area contributed by atoms with Gasteiger partial charge in [-0.3, -0.25) is 0 Å². The molecule has 212 valence electrons. The summed E-state index contributed by atoms with van der Waals surface area (Å²) >= 11 is 0. The van der Waals surface area contributed by atoms with Crippen LogP contribution >= 0.6 is 0 Å². The summed E-state index contributed by atoms with van der Waals surface area (Å²) in [6.07, 6.45) is 0. The molecule has 9 rings (SSSR count). The van der Waals surface area contributed by atoms with E-state index in [9.17, 15) is 0 Å². The maximum atomic E-state index is 5.17. The SMILES string of the molecule is c1c(-c2ccccc2)nc2c(c#1)ccc1ccc(-c3cccc(-c4ccc5ccc6ccc(-c7ccccc7)nc6c5n4)c3)nc12. The molecule has 46 heavy (non-hydrogen) atoms. The van der Waals surface area contributed by atoms with Crippen LogP contribution < -0.4 is 0 Å². The first kappa shape index (κ1) is 26.0. The average Bonchev–Trinajstić information content (AvgIpc) is 3.14. The molecule has 4 aromatic heterocycles. The van der Waals surface area contributed by atoms with E-state index in [-0.39, 0.29) is 0 Å². The molecule has 0 bridgehead atoms. The molecule has 4 nitrogen and oxygen atoms in total. The van der Waals surface area contributed by atoms with E-state index in [4.69, 9.17) is 19.9 Å². The van der Waals surface area contributed by atoms with Crippen molar-refractivity contribution in [3.8, 4) is 45.0 Å². The van der Waals surface area contributed by atoms with Crippen molar-refractivity contribution in [2.45, 2.75) is 0 Å². The lowest BCUT2D eigenvalue weighted by Crippen LogP contribution is -1.92. The number of aromatic nitrogens is 4. The third kappa shape index (κ3) is 4.51. The third-order valence-electron chi connectivity index (χ3n) is 8.47. The molecule has 0 saturated carbocycles. The number of hydrogen-bond acceptors (Lipinski definition) is 4. The highest BCUT2D eigenvalue weighted by molar-refractivity contribution is 6.05. The van der Waals surface area contributed by atoms with Gasteiger partial charge in [-0.05, 0) is 36.4 Å². The Labute approximate surface area is 265 Å². The van der Waals surface area contributed by atoms with Gasteiger partial charge >= 0.3 is 0 Å². The highest BCUT2D eigenvalue weighted by Crippen LogP contribution is 2.32. The van der Waals surface area contributed by atoms with E-state index in [2.05, 4.69) is 103 Å². The lowest BCUT2D eigenvalue weighted by molar-refractivity contribution is 1.36. The first-order valence-electron chi connectivity index (χ1n) is 15.2. The van der Waals surface area contributed by atoms with Gasteiger partial charge in [-0.25, -0.2) is 19.9 Å². The first-order chi connectivity index (χ1) is 22.8. The normalized spacial score (nSPS) is 11.3. The van der Waals surface area contributed by atoms with Crippen LogP contribution in [-0.4, -0.2) is 19.9 Å². The maximum Gasteiger partial charge on any atom is 0.121 e. The van der Waals surface area contributed by atoms with Crippen molar-refractivity contribution in [2.24, 2.45) is 0 Å². The third-order valence-corrected chi connectivity index (χ3v) is 8.47. The zero-order valence-electron chi connectivity index (χ0n) is 24.6. The maximum absolute atomic E-state index is 5.17. The summed E-state index contributed by atoms with van der Waals surface area (Å²) in [7, 11) is 0. The van der Waals surface area contributed by atoms with Gasteiger partial charge in [0.2, 0.25) is 0 Å². The minimum absolute atomic E-state index is 0.759. The summed E-state index contributed by atoms with van der Waals surface area (Å²) in [6, 6.07) is 56.2. The Morgan fingerprint density at radius 3 is 1.37 bits per heavy atom. The molecular weight excluding hydrogens is 560 g/mol. The molecule has 0 aliphatic rings. The van der Waals surface area contributed by atoms with Crippen LogP contribution in [-0.2, 0) is 0 Å². The van der Waals surface area contributed by atoms with Gasteiger partial charge < -0.3 is 0 Å². The van der Waals surface area contributed by atoms with Gasteiger partial charge in [-0.1, -0.05) is 121 Å². The van der Waals surface area contributed by atoms with Crippen LogP contribution in [0.25, 0.3) is 88.6 Å². The zero-order chi connectivity index (χ0) is 30.5. The highest BCUT2D eigenvalue weighted by Gasteiger charge is 2.12. The quantitative estimate of drug-likeness (QED) is 0.193. The van der Waals surface area contributed by atoms with Crippen LogP contribution in [0.2, 0.25) is 0 Å². The second kappa shape index (κ2) is 10.6. The topological polar surface area (TPSA) is 51.6 Å². The van der Waals surface area contributed by atoms with E-state index in [1.807, 2.05) is 54.6 Å². The van der Waals surface area contributed by atoms with E-state index >= 15 is 0 Å². The van der Waals surface area contributed by atoms with Crippen molar-refractivity contribution in [2.75, 3.05) is 0 Å². The monoisotopic (exact) mass is 584 g/mol. The van der Waals surface area contributed by atoms with Crippen LogP contribution in [0.4, 0.5) is 0 Å². The molecule has 9 aromatic rings. The van der Waals surface area contributed by atoms with E-state index < -0.39 is 0 Å². The van der Waals surface area contributed by atoms with Gasteiger partial charge in [0.05, 0.1) is 39.0 Å². The Morgan fingerprint density at radius 1 is 0.326 bits per heavy atom. The number of nitrogens with zero attached hydrogens (tertiary/aromatic N) is 4. The molecule has 0 aliphatic carbocycles. The molecule has 0 N–H and O–H groups in total. The fraction of sp³-hybridized carbons (Fsp3) is 0. The predicted octanol–water partition coefficient (Wildman–Crippen LogP) is 10.1. The van der Waals surface area contributed by atoms with Crippen LogP contribution in [0, 0.1) is 12.1 Å². The second-order valence-electron chi connectivity index (χ2n) is 11.4. The Balaban J connectivity index is 1.15. The number of fused-ring (bicyclic) bond motifs is 6. The summed E-state index contributed by atoms with van der Waals surface area (Å²) in [5, 5.41) is 4.05. The summed E-state index contributed by atoms with van der Waals surface area (Å²) in [6.45, 7) is 0. The summed E-state index contributed by atoms with van der Waals surface area (Å²) in [4.78, 5) is 20.4. The average molecular weight is 585 g/mol. The molecule has 0 saturated heterocycles. The van der Waals surface area contributed by atoms with Gasteiger partial charge in [0, 0.05) is 38.4 Å². The molecule has 4 heterocycles. The molecule has 0 fully saturated rings. The second-order valence-corrected chi connectivity index (χ2v) is 11.4. The molecular formula is C42H24N4. The summed E-state index contributed by atoms with van der Waals surface area (Å²) in [5.41, 5.74) is 11.0. The molecule has 0 spiro atoms. The number of pyridine rings is 3. The van der Waals surface area contributed by atoms with E-state index in [1.54, 1.807) is 0 Å². The summed E-state index contributed by atoms with van der Waals surface area (Å²) in [5.74, 6) is 0. The lowest BCUT2D eigenvalue weighted by Gasteiger charge is -2.10. The fourth-order valence-corrected chi connectivity index (χ4v) is 6.08. The smallest absolute Gasteiger partial charge is 0.121 e. The molecule has 0 unspecified atom stereocenters. The Bertz CT molecular complexity index is 2400. The molecule has 0 amide bonds. The Morgan fingerprint density at radius 2 is 0.783 bits per heavy atom. The largest absolute Gasteiger partial charge is 0.245 e. The van der Waals surface area contributed by atoms with Crippen LogP contribution in [0.3, 0.4) is 0 Å². The Hall–Kier alpha value is -6.44. The van der Waals surface area contributed by atoms with Crippen LogP contribution in [0.1, 0.15) is 0 Å². The van der Waals surface area contributed by atoms with Gasteiger partial charge in [0.15, 0.2) is 0 Å². The van der Waals surface area contributed by atoms with E-state index in [0.29, 0.717) is 0 Å². The van der Waals surface area contributed by atoms with Crippen molar-refractivity contribution < 1.29 is 0 Å². The van der Waals surface area contributed by atoms with E-state index in [1.165, 1.54) is 0 Å². The Kier molecular flexibility index (Phi) is 6.01. The van der Waals surface area contributed by atoms with Crippen LogP contribution in [0.5, 0.6) is 0 Å². The van der Waals surface area contributed by atoms with Gasteiger partial charge in [0.1, 0.15) is 11.2 Å². The number of benzene rings is 5. The lowest BCUT2D eigenvalue weighted by atomic mass is 10.0. The predicted molar refractivity (Wildman–Crippen MR) is 187 cm³/mol.